The van der Waals surface area contributed by atoms with Crippen LogP contribution in [0.15, 0.2) is 24.8 Å². The number of carbonyl (C=O) groups is 1. The molecule has 0 atom stereocenters. The summed E-state index contributed by atoms with van der Waals surface area (Å²) >= 11 is 0. The largest absolute Gasteiger partial charge is 0.461 e. The highest BCUT2D eigenvalue weighted by Gasteiger charge is 2.18. The zero-order valence-corrected chi connectivity index (χ0v) is 8.67. The molecule has 0 radical (unpaired) electrons. The van der Waals surface area contributed by atoms with Gasteiger partial charge in [0.1, 0.15) is 5.69 Å². The van der Waals surface area contributed by atoms with Gasteiger partial charge in [-0.3, -0.25) is 0 Å². The van der Waals surface area contributed by atoms with Gasteiger partial charge in [-0.1, -0.05) is 18.7 Å². The summed E-state index contributed by atoms with van der Waals surface area (Å²) in [5.41, 5.74) is 3.70. The van der Waals surface area contributed by atoms with Gasteiger partial charge >= 0.3 is 5.97 Å². The summed E-state index contributed by atoms with van der Waals surface area (Å²) < 4.78 is 4.92. The molecule has 1 heterocycles. The van der Waals surface area contributed by atoms with Crippen molar-refractivity contribution in [3.63, 3.8) is 0 Å². The SMILES string of the molecule is C=CC1=CCc2cc(C(=O)OCC)[nH]c21. The van der Waals surface area contributed by atoms with Crippen molar-refractivity contribution in [1.29, 1.82) is 0 Å². The van der Waals surface area contributed by atoms with Crippen LogP contribution in [-0.2, 0) is 11.2 Å². The van der Waals surface area contributed by atoms with E-state index in [1.807, 2.05) is 6.07 Å². The van der Waals surface area contributed by atoms with Gasteiger partial charge in [0.15, 0.2) is 0 Å². The molecule has 0 amide bonds. The Labute approximate surface area is 88.5 Å². The first-order chi connectivity index (χ1) is 7.26. The standard InChI is InChI=1S/C12H13NO2/c1-3-8-5-6-9-7-10(13-11(8)9)12(14)15-4-2/h3,5,7,13H,1,4,6H2,2H3. The normalized spacial score (nSPS) is 13.3. The van der Waals surface area contributed by atoms with Crippen LogP contribution in [0.5, 0.6) is 0 Å². The van der Waals surface area contributed by atoms with Gasteiger partial charge < -0.3 is 9.72 Å². The smallest absolute Gasteiger partial charge is 0.354 e. The van der Waals surface area contributed by atoms with Gasteiger partial charge in [0, 0.05) is 5.69 Å². The molecule has 3 heteroatoms. The number of hydrogen-bond donors (Lipinski definition) is 1. The van der Waals surface area contributed by atoms with Crippen LogP contribution in [0.4, 0.5) is 0 Å². The Morgan fingerprint density at radius 1 is 1.73 bits per heavy atom. The molecular weight excluding hydrogens is 190 g/mol. The molecule has 3 nitrogen and oxygen atoms in total. The van der Waals surface area contributed by atoms with Crippen molar-refractivity contribution >= 4 is 11.5 Å². The van der Waals surface area contributed by atoms with E-state index >= 15 is 0 Å². The zero-order valence-electron chi connectivity index (χ0n) is 8.67. The fourth-order valence-corrected chi connectivity index (χ4v) is 1.74. The number of aromatic nitrogens is 1. The second-order valence-electron chi connectivity index (χ2n) is 3.37. The maximum atomic E-state index is 11.4. The molecule has 78 valence electrons. The van der Waals surface area contributed by atoms with Crippen molar-refractivity contribution in [2.24, 2.45) is 0 Å². The molecule has 0 bridgehead atoms. The van der Waals surface area contributed by atoms with Gasteiger partial charge in [0.2, 0.25) is 0 Å². The second kappa shape index (κ2) is 3.77. The van der Waals surface area contributed by atoms with Crippen molar-refractivity contribution < 1.29 is 9.53 Å². The molecule has 2 rings (SSSR count). The minimum absolute atomic E-state index is 0.296. The van der Waals surface area contributed by atoms with Crippen LogP contribution in [0.2, 0.25) is 0 Å². The van der Waals surface area contributed by atoms with Gasteiger partial charge in [-0.25, -0.2) is 4.79 Å². The van der Waals surface area contributed by atoms with Gasteiger partial charge in [0.25, 0.3) is 0 Å². The topological polar surface area (TPSA) is 42.1 Å². The summed E-state index contributed by atoms with van der Waals surface area (Å²) in [6.07, 6.45) is 4.73. The average Bonchev–Trinajstić information content (AvgIpc) is 2.76. The van der Waals surface area contributed by atoms with Crippen molar-refractivity contribution in [1.82, 2.24) is 4.98 Å². The van der Waals surface area contributed by atoms with E-state index in [1.54, 1.807) is 13.0 Å². The van der Waals surface area contributed by atoms with E-state index in [9.17, 15) is 4.79 Å². The highest BCUT2D eigenvalue weighted by molar-refractivity contribution is 5.90. The lowest BCUT2D eigenvalue weighted by Crippen LogP contribution is -2.04. The summed E-state index contributed by atoms with van der Waals surface area (Å²) in [5.74, 6) is -0.296. The van der Waals surface area contributed by atoms with Crippen LogP contribution in [0.3, 0.4) is 0 Å². The number of esters is 1. The number of ether oxygens (including phenoxy) is 1. The molecule has 0 spiro atoms. The predicted molar refractivity (Wildman–Crippen MR) is 58.6 cm³/mol. The molecule has 0 aromatic carbocycles. The maximum Gasteiger partial charge on any atom is 0.354 e. The third kappa shape index (κ3) is 1.61. The highest BCUT2D eigenvalue weighted by atomic mass is 16.5. The lowest BCUT2D eigenvalue weighted by Gasteiger charge is -1.98. The minimum atomic E-state index is -0.296. The molecule has 1 aromatic rings. The summed E-state index contributed by atoms with van der Waals surface area (Å²) in [7, 11) is 0. The Morgan fingerprint density at radius 3 is 3.20 bits per heavy atom. The van der Waals surface area contributed by atoms with Gasteiger partial charge in [-0.2, -0.15) is 0 Å². The molecule has 0 aliphatic heterocycles. The lowest BCUT2D eigenvalue weighted by atomic mass is 10.2. The molecule has 1 N–H and O–H groups in total. The first kappa shape index (κ1) is 9.77. The number of allylic oxidation sites excluding steroid dienone is 3. The number of H-pyrrole nitrogens is 1. The van der Waals surface area contributed by atoms with Crippen LogP contribution in [-0.4, -0.2) is 17.6 Å². The summed E-state index contributed by atoms with van der Waals surface area (Å²) in [4.78, 5) is 14.5. The third-order valence-corrected chi connectivity index (χ3v) is 2.45. The number of nitrogens with one attached hydrogen (secondary N) is 1. The van der Waals surface area contributed by atoms with Crippen molar-refractivity contribution in [2.45, 2.75) is 13.3 Å². The number of fused-ring (bicyclic) bond motifs is 1. The Morgan fingerprint density at radius 2 is 2.53 bits per heavy atom. The summed E-state index contributed by atoms with van der Waals surface area (Å²) in [5, 5.41) is 0. The fraction of sp³-hybridized carbons (Fsp3) is 0.250. The van der Waals surface area contributed by atoms with E-state index in [0.29, 0.717) is 12.3 Å². The van der Waals surface area contributed by atoms with Crippen molar-refractivity contribution in [2.75, 3.05) is 6.61 Å². The van der Waals surface area contributed by atoms with Crippen molar-refractivity contribution in [3.8, 4) is 0 Å². The van der Waals surface area contributed by atoms with Gasteiger partial charge in [-0.15, -0.1) is 0 Å². The second-order valence-corrected chi connectivity index (χ2v) is 3.37. The Hall–Kier alpha value is -1.77. The molecule has 1 aromatic heterocycles. The number of aromatic amines is 1. The highest BCUT2D eigenvalue weighted by Crippen LogP contribution is 2.28. The molecule has 0 saturated carbocycles. The summed E-state index contributed by atoms with van der Waals surface area (Å²) in [6.45, 7) is 5.92. The first-order valence-electron chi connectivity index (χ1n) is 4.98. The van der Waals surface area contributed by atoms with E-state index in [-0.39, 0.29) is 5.97 Å². The third-order valence-electron chi connectivity index (χ3n) is 2.45. The molecule has 0 unspecified atom stereocenters. The molecule has 1 aliphatic carbocycles. The quantitative estimate of drug-likeness (QED) is 0.766. The molecular formula is C12H13NO2. The first-order valence-corrected chi connectivity index (χ1v) is 4.98. The fourth-order valence-electron chi connectivity index (χ4n) is 1.74. The van der Waals surface area contributed by atoms with Crippen LogP contribution in [0.1, 0.15) is 28.7 Å². The average molecular weight is 203 g/mol. The predicted octanol–water partition coefficient (Wildman–Crippen LogP) is 2.32. The summed E-state index contributed by atoms with van der Waals surface area (Å²) in [6, 6.07) is 1.85. The Balaban J connectivity index is 2.29. The van der Waals surface area contributed by atoms with E-state index < -0.39 is 0 Å². The Bertz CT molecular complexity index is 440. The number of hydrogen-bond acceptors (Lipinski definition) is 2. The van der Waals surface area contributed by atoms with Crippen LogP contribution >= 0.6 is 0 Å². The van der Waals surface area contributed by atoms with Crippen LogP contribution in [0, 0.1) is 0 Å². The maximum absolute atomic E-state index is 11.4. The molecule has 0 fully saturated rings. The van der Waals surface area contributed by atoms with Crippen molar-refractivity contribution in [3.05, 3.63) is 41.7 Å². The van der Waals surface area contributed by atoms with E-state index in [2.05, 4.69) is 17.6 Å². The van der Waals surface area contributed by atoms with Crippen LogP contribution in [0.25, 0.3) is 5.57 Å². The van der Waals surface area contributed by atoms with E-state index in [0.717, 1.165) is 23.3 Å². The lowest BCUT2D eigenvalue weighted by molar-refractivity contribution is 0.0520. The van der Waals surface area contributed by atoms with E-state index in [4.69, 9.17) is 4.74 Å². The van der Waals surface area contributed by atoms with Crippen LogP contribution < -0.4 is 0 Å². The molecule has 0 saturated heterocycles. The minimum Gasteiger partial charge on any atom is -0.461 e. The zero-order chi connectivity index (χ0) is 10.8. The molecule has 1 aliphatic rings. The number of rotatable bonds is 3. The van der Waals surface area contributed by atoms with E-state index in [1.165, 1.54) is 0 Å². The monoisotopic (exact) mass is 203 g/mol. The Kier molecular flexibility index (Phi) is 2.46. The van der Waals surface area contributed by atoms with Gasteiger partial charge in [0.05, 0.1) is 6.61 Å². The number of carbonyl (C=O) groups excluding carboxylic acids is 1. The van der Waals surface area contributed by atoms with Gasteiger partial charge in [-0.05, 0) is 30.5 Å². The molecule has 15 heavy (non-hydrogen) atoms.